The molecule has 0 amide bonds. The Balaban J connectivity index is 0.000000296. The number of halogens is 3. The maximum absolute atomic E-state index is 12.2. The Hall–Kier alpha value is -3.17. The van der Waals surface area contributed by atoms with Crippen LogP contribution in [0.15, 0.2) is 48.5 Å². The van der Waals surface area contributed by atoms with Crippen LogP contribution in [-0.4, -0.2) is 22.9 Å². The highest BCUT2D eigenvalue weighted by molar-refractivity contribution is 5.47. The number of hydrogen-bond donors (Lipinski definition) is 0. The standard InChI is InChI=1S/C12H19N.C7H3F3N2O4/c1-3-5-11-13(4-2)12-9-7-6-8-10-12;8-7(9,10)4-1-5(11(13)14)3-6(2-4)12(15)16/h6-10H,3-5,11H2,1-2H3;1-3H. The molecule has 0 bridgehead atoms. The Morgan fingerprint density at radius 1 is 0.931 bits per heavy atom. The summed E-state index contributed by atoms with van der Waals surface area (Å²) in [7, 11) is 0. The Morgan fingerprint density at radius 3 is 1.83 bits per heavy atom. The molecule has 0 fully saturated rings. The lowest BCUT2D eigenvalue weighted by atomic mass is 10.1. The summed E-state index contributed by atoms with van der Waals surface area (Å²) >= 11 is 0. The minimum atomic E-state index is -4.86. The number of nitrogens with zero attached hydrogens (tertiary/aromatic N) is 3. The van der Waals surface area contributed by atoms with E-state index in [1.165, 1.54) is 25.1 Å². The first kappa shape index (κ1) is 23.9. The number of rotatable bonds is 7. The van der Waals surface area contributed by atoms with Gasteiger partial charge < -0.3 is 4.90 Å². The van der Waals surface area contributed by atoms with Crippen molar-refractivity contribution in [1.29, 1.82) is 0 Å². The van der Waals surface area contributed by atoms with Crippen LogP contribution >= 0.6 is 0 Å². The van der Waals surface area contributed by atoms with E-state index in [1.807, 2.05) is 0 Å². The van der Waals surface area contributed by atoms with Crippen LogP contribution < -0.4 is 4.90 Å². The second-order valence-electron chi connectivity index (χ2n) is 6.02. The molecule has 0 aliphatic heterocycles. The van der Waals surface area contributed by atoms with Crippen LogP contribution in [0.4, 0.5) is 30.2 Å². The SMILES string of the molecule is CCCCN(CC)c1ccccc1.O=[N+]([O-])c1cc([N+](=O)[O-])cc(C(F)(F)F)c1. The maximum Gasteiger partial charge on any atom is 0.416 e. The summed E-state index contributed by atoms with van der Waals surface area (Å²) in [5.74, 6) is 0. The fourth-order valence-corrected chi connectivity index (χ4v) is 2.43. The van der Waals surface area contributed by atoms with Gasteiger partial charge in [-0.05, 0) is 25.5 Å². The first-order valence-corrected chi connectivity index (χ1v) is 8.91. The van der Waals surface area contributed by atoms with Crippen LogP contribution in [0.25, 0.3) is 0 Å². The number of nitro benzene ring substituents is 2. The van der Waals surface area contributed by atoms with Gasteiger partial charge in [-0.2, -0.15) is 13.2 Å². The average molecular weight is 413 g/mol. The third kappa shape index (κ3) is 7.76. The van der Waals surface area contributed by atoms with E-state index in [1.54, 1.807) is 0 Å². The molecule has 10 heteroatoms. The predicted octanol–water partition coefficient (Wildman–Crippen LogP) is 5.83. The normalized spacial score (nSPS) is 10.7. The summed E-state index contributed by atoms with van der Waals surface area (Å²) in [4.78, 5) is 20.7. The lowest BCUT2D eigenvalue weighted by molar-refractivity contribution is -0.394. The molecule has 29 heavy (non-hydrogen) atoms. The first-order chi connectivity index (χ1) is 13.6. The molecule has 0 unspecified atom stereocenters. The average Bonchev–Trinajstić information content (AvgIpc) is 2.69. The minimum absolute atomic E-state index is 0.243. The van der Waals surface area contributed by atoms with Gasteiger partial charge in [-0.15, -0.1) is 0 Å². The van der Waals surface area contributed by atoms with Crippen molar-refractivity contribution in [2.24, 2.45) is 0 Å². The molecule has 2 aromatic rings. The van der Waals surface area contributed by atoms with E-state index in [4.69, 9.17) is 0 Å². The largest absolute Gasteiger partial charge is 0.416 e. The van der Waals surface area contributed by atoms with Crippen molar-refractivity contribution >= 4 is 17.1 Å². The van der Waals surface area contributed by atoms with Crippen molar-refractivity contribution in [2.45, 2.75) is 32.9 Å². The van der Waals surface area contributed by atoms with E-state index in [0.717, 1.165) is 6.54 Å². The number of para-hydroxylation sites is 1. The van der Waals surface area contributed by atoms with Crippen LogP contribution in [0.2, 0.25) is 0 Å². The van der Waals surface area contributed by atoms with E-state index in [9.17, 15) is 33.4 Å². The second-order valence-corrected chi connectivity index (χ2v) is 6.02. The molecule has 0 atom stereocenters. The number of benzene rings is 2. The van der Waals surface area contributed by atoms with Gasteiger partial charge in [0.2, 0.25) is 0 Å². The lowest BCUT2D eigenvalue weighted by Gasteiger charge is -2.22. The maximum atomic E-state index is 12.2. The quantitative estimate of drug-likeness (QED) is 0.420. The van der Waals surface area contributed by atoms with Gasteiger partial charge in [-0.1, -0.05) is 31.5 Å². The van der Waals surface area contributed by atoms with Gasteiger partial charge in [0.15, 0.2) is 0 Å². The van der Waals surface area contributed by atoms with Crippen molar-refractivity contribution in [3.05, 3.63) is 74.3 Å². The molecule has 0 spiro atoms. The minimum Gasteiger partial charge on any atom is -0.372 e. The predicted molar refractivity (Wildman–Crippen MR) is 104 cm³/mol. The number of anilines is 1. The Labute approximate surface area is 166 Å². The Kier molecular flexibility index (Phi) is 9.04. The van der Waals surface area contributed by atoms with Gasteiger partial charge in [0.25, 0.3) is 11.4 Å². The van der Waals surface area contributed by atoms with E-state index in [2.05, 4.69) is 49.1 Å². The van der Waals surface area contributed by atoms with Crippen LogP contribution in [0.5, 0.6) is 0 Å². The van der Waals surface area contributed by atoms with Gasteiger partial charge in [0.1, 0.15) is 0 Å². The fourth-order valence-electron chi connectivity index (χ4n) is 2.43. The second kappa shape index (κ2) is 11.0. The van der Waals surface area contributed by atoms with E-state index >= 15 is 0 Å². The topological polar surface area (TPSA) is 89.5 Å². The zero-order valence-electron chi connectivity index (χ0n) is 16.1. The summed E-state index contributed by atoms with van der Waals surface area (Å²) < 4.78 is 36.7. The molecule has 0 aromatic heterocycles. The summed E-state index contributed by atoms with van der Waals surface area (Å²) in [6, 6.07) is 11.6. The molecule has 0 saturated heterocycles. The van der Waals surface area contributed by atoms with Crippen molar-refractivity contribution in [1.82, 2.24) is 0 Å². The molecule has 158 valence electrons. The summed E-state index contributed by atoms with van der Waals surface area (Å²) in [5, 5.41) is 20.5. The van der Waals surface area contributed by atoms with E-state index < -0.39 is 33.0 Å². The Morgan fingerprint density at radius 2 is 1.45 bits per heavy atom. The highest BCUT2D eigenvalue weighted by Crippen LogP contribution is 2.34. The number of unbranched alkanes of at least 4 members (excludes halogenated alkanes) is 1. The van der Waals surface area contributed by atoms with Crippen molar-refractivity contribution in [3.8, 4) is 0 Å². The third-order valence-corrected chi connectivity index (χ3v) is 3.94. The van der Waals surface area contributed by atoms with Crippen LogP contribution in [0, 0.1) is 20.2 Å². The van der Waals surface area contributed by atoms with Crippen LogP contribution in [0.3, 0.4) is 0 Å². The van der Waals surface area contributed by atoms with Gasteiger partial charge in [0.05, 0.1) is 21.5 Å². The van der Waals surface area contributed by atoms with Gasteiger partial charge in [-0.3, -0.25) is 20.2 Å². The van der Waals surface area contributed by atoms with Crippen molar-refractivity contribution in [2.75, 3.05) is 18.0 Å². The van der Waals surface area contributed by atoms with Crippen LogP contribution in [0.1, 0.15) is 32.3 Å². The molecule has 2 aromatic carbocycles. The number of non-ortho nitro benzene ring substituents is 2. The molecule has 0 radical (unpaired) electrons. The fraction of sp³-hybridized carbons (Fsp3) is 0.368. The van der Waals surface area contributed by atoms with Crippen LogP contribution in [-0.2, 0) is 6.18 Å². The molecule has 0 aliphatic carbocycles. The highest BCUT2D eigenvalue weighted by atomic mass is 19.4. The highest BCUT2D eigenvalue weighted by Gasteiger charge is 2.34. The van der Waals surface area contributed by atoms with E-state index in [0.29, 0.717) is 6.07 Å². The molecule has 0 heterocycles. The molecular formula is C19H22F3N3O4. The van der Waals surface area contributed by atoms with Crippen molar-refractivity contribution < 1.29 is 23.0 Å². The zero-order chi connectivity index (χ0) is 22.0. The number of nitro groups is 2. The molecule has 0 N–H and O–H groups in total. The lowest BCUT2D eigenvalue weighted by Crippen LogP contribution is -2.23. The van der Waals surface area contributed by atoms with Crippen molar-refractivity contribution in [3.63, 3.8) is 0 Å². The Bertz CT molecular complexity index is 782. The van der Waals surface area contributed by atoms with Gasteiger partial charge in [-0.25, -0.2) is 0 Å². The molecule has 0 saturated carbocycles. The summed E-state index contributed by atoms with van der Waals surface area (Å²) in [6.45, 7) is 6.72. The number of alkyl halides is 3. The molecular weight excluding hydrogens is 391 g/mol. The summed E-state index contributed by atoms with van der Waals surface area (Å²) in [5.41, 5.74) is -2.02. The molecule has 2 rings (SSSR count). The first-order valence-electron chi connectivity index (χ1n) is 8.91. The monoisotopic (exact) mass is 413 g/mol. The van der Waals surface area contributed by atoms with Gasteiger partial charge in [0, 0.05) is 30.9 Å². The molecule has 0 aliphatic rings. The number of hydrogen-bond acceptors (Lipinski definition) is 5. The zero-order valence-corrected chi connectivity index (χ0v) is 16.1. The van der Waals surface area contributed by atoms with E-state index in [-0.39, 0.29) is 12.1 Å². The smallest absolute Gasteiger partial charge is 0.372 e. The van der Waals surface area contributed by atoms with Gasteiger partial charge >= 0.3 is 6.18 Å². The summed E-state index contributed by atoms with van der Waals surface area (Å²) in [6.07, 6.45) is -2.32. The third-order valence-electron chi connectivity index (χ3n) is 3.94. The molecule has 7 nitrogen and oxygen atoms in total.